The molecule has 0 saturated carbocycles. The Morgan fingerprint density at radius 1 is 1.14 bits per heavy atom. The first-order chi connectivity index (χ1) is 11.9. The van der Waals surface area contributed by atoms with Crippen LogP contribution < -0.4 is 131 Å². The number of thiol groups is 2. The van der Waals surface area contributed by atoms with E-state index < -0.39 is 0 Å². The van der Waals surface area contributed by atoms with Gasteiger partial charge in [0.2, 0.25) is 11.1 Å². The second-order valence-electron chi connectivity index (χ2n) is 4.41. The second-order valence-corrected chi connectivity index (χ2v) is 5.72. The molecule has 0 radical (unpaired) electrons. The molecule has 0 bridgehead atoms. The summed E-state index contributed by atoms with van der Waals surface area (Å²) in [7, 11) is 0. The molecule has 1 amide bonds. The Morgan fingerprint density at radius 3 is 1.72 bits per heavy atom. The summed E-state index contributed by atoms with van der Waals surface area (Å²) < 4.78 is 0. The van der Waals surface area contributed by atoms with Crippen molar-refractivity contribution in [3.63, 3.8) is 0 Å². The Hall–Kier alpha value is 3.08. The van der Waals surface area contributed by atoms with E-state index in [2.05, 4.69) is 48.1 Å². The van der Waals surface area contributed by atoms with Gasteiger partial charge in [-0.1, -0.05) is 34.1 Å². The molecule has 0 aliphatic rings. The number of rotatable bonds is 10. The minimum absolute atomic E-state index is 0. The first-order valence-electron chi connectivity index (χ1n) is 8.09. The zero-order valence-corrected chi connectivity index (χ0v) is 27.1. The zero-order chi connectivity index (χ0) is 20.3. The average Bonchev–Trinajstić information content (AvgIpc) is 2.63. The summed E-state index contributed by atoms with van der Waals surface area (Å²) in [5, 5.41) is 11.0. The van der Waals surface area contributed by atoms with Crippen LogP contribution in [-0.4, -0.2) is 42.2 Å². The number of hydrogen-bond acceptors (Lipinski definition) is 7. The fourth-order valence-corrected chi connectivity index (χ4v) is 1.18. The standard InChI is InChI=1S/C7H15NOS.C5H9ClO.C2H7NS.CH2O3.CH4.ClH.2K.H/c1-2-3-4-7(9)8-5-6-10;1-2-3-4-5(6)7;3-1-2-4;2-1-4-3;;;;;/h10H,2-6H2,1H3,(H,8,9);2-4H2,1H3;4H,1-3H2;1,3H;1H4;1H;;;/q;;;;;;2*+1;-1/p-1. The van der Waals surface area contributed by atoms with E-state index in [1.807, 2.05) is 6.92 Å². The van der Waals surface area contributed by atoms with Crippen LogP contribution in [0.15, 0.2) is 0 Å². The van der Waals surface area contributed by atoms with Crippen molar-refractivity contribution < 1.29 is 147 Å². The number of carbonyl (C=O) groups is 3. The molecule has 0 fully saturated rings. The normalized spacial score (nSPS) is 7.14. The minimum atomic E-state index is -0.221. The number of hydrogen-bond donors (Lipinski definition) is 4. The molecule has 170 valence electrons. The van der Waals surface area contributed by atoms with Gasteiger partial charge in [0.15, 0.2) is 0 Å². The molecule has 0 aliphatic heterocycles. The molecule has 29 heavy (non-hydrogen) atoms. The van der Waals surface area contributed by atoms with Gasteiger partial charge < -0.3 is 35.0 Å². The number of nitrogens with one attached hydrogen (secondary N) is 1. The van der Waals surface area contributed by atoms with Gasteiger partial charge in [-0.3, -0.25) is 14.4 Å². The van der Waals surface area contributed by atoms with Gasteiger partial charge in [-0.25, -0.2) is 0 Å². The maximum Gasteiger partial charge on any atom is 1.00 e. The average molecular weight is 552 g/mol. The van der Waals surface area contributed by atoms with Crippen LogP contribution in [0.2, 0.25) is 0 Å². The maximum atomic E-state index is 10.8. The molecule has 0 heterocycles. The smallest absolute Gasteiger partial charge is 1.00 e. The van der Waals surface area contributed by atoms with Gasteiger partial charge in [-0.05, 0) is 24.4 Å². The summed E-state index contributed by atoms with van der Waals surface area (Å²) in [6, 6.07) is 0. The van der Waals surface area contributed by atoms with Gasteiger partial charge in [-0.15, -0.1) is 0 Å². The summed E-state index contributed by atoms with van der Waals surface area (Å²) in [6.07, 6.45) is 5.20. The second kappa shape index (κ2) is 57.7. The fraction of sp³-hybridized carbons (Fsp3) is 0.812. The Kier molecular flexibility index (Phi) is 106. The van der Waals surface area contributed by atoms with Crippen molar-refractivity contribution in [3.8, 4) is 0 Å². The van der Waals surface area contributed by atoms with Crippen molar-refractivity contribution in [3.05, 3.63) is 0 Å². The van der Waals surface area contributed by atoms with Crippen molar-refractivity contribution in [1.82, 2.24) is 5.32 Å². The third-order valence-electron chi connectivity index (χ3n) is 2.12. The molecule has 7 nitrogen and oxygen atoms in total. The van der Waals surface area contributed by atoms with E-state index in [1.54, 1.807) is 0 Å². The number of amides is 1. The summed E-state index contributed by atoms with van der Waals surface area (Å²) in [5.41, 5.74) is 3.53. The summed E-state index contributed by atoms with van der Waals surface area (Å²) in [6.45, 7) is 5.54. The molecular weight excluding hydrogens is 513 g/mol. The third kappa shape index (κ3) is 90.1. The molecule has 0 aliphatic carbocycles. The molecule has 0 rings (SSSR count). The van der Waals surface area contributed by atoms with Crippen molar-refractivity contribution in [2.24, 2.45) is 0 Å². The molecule has 0 aromatic heterocycles. The quantitative estimate of drug-likeness (QED) is 0.0537. The van der Waals surface area contributed by atoms with Gasteiger partial charge in [0.05, 0.1) is 6.54 Å². The monoisotopic (exact) mass is 550 g/mol. The first-order valence-corrected chi connectivity index (χ1v) is 9.74. The van der Waals surface area contributed by atoms with E-state index in [9.17, 15) is 9.59 Å². The van der Waals surface area contributed by atoms with Crippen LogP contribution in [-0.2, 0) is 19.3 Å². The first kappa shape index (κ1) is 53.4. The SMILES string of the molecule is C.CCCCC(=O)Cl.CCCCC(=O)NCCS.O=CO[O-].[Cl-].[H-].[K+].[K+].[NH3+]CCS. The Balaban J connectivity index is -0.0000000282. The third-order valence-corrected chi connectivity index (χ3v) is 2.84. The summed E-state index contributed by atoms with van der Waals surface area (Å²) >= 11 is 12.8. The Labute approximate surface area is 286 Å². The number of unbranched alkanes of at least 4 members (excludes halogenated alkanes) is 2. The molecule has 0 spiro atoms. The minimum Gasteiger partial charge on any atom is -1.00 e. The van der Waals surface area contributed by atoms with E-state index >= 15 is 0 Å². The molecular formula is C16H38Cl2K2N2O5S2. The van der Waals surface area contributed by atoms with Crippen LogP contribution >= 0.6 is 36.9 Å². The van der Waals surface area contributed by atoms with Crippen molar-refractivity contribution >= 4 is 54.5 Å². The molecule has 0 atom stereocenters. The van der Waals surface area contributed by atoms with Gasteiger partial charge in [0.25, 0.3) is 6.47 Å². The van der Waals surface area contributed by atoms with Crippen LogP contribution in [0.4, 0.5) is 0 Å². The Bertz CT molecular complexity index is 298. The van der Waals surface area contributed by atoms with Gasteiger partial charge >= 0.3 is 103 Å². The van der Waals surface area contributed by atoms with Crippen LogP contribution in [0, 0.1) is 0 Å². The van der Waals surface area contributed by atoms with Crippen LogP contribution in [0.5, 0.6) is 0 Å². The molecule has 13 heteroatoms. The molecule has 0 unspecified atom stereocenters. The van der Waals surface area contributed by atoms with E-state index in [0.29, 0.717) is 19.4 Å². The number of carbonyl (C=O) groups excluding carboxylic acids is 3. The Morgan fingerprint density at radius 2 is 1.52 bits per heavy atom. The van der Waals surface area contributed by atoms with Gasteiger partial charge in [0, 0.05) is 30.9 Å². The van der Waals surface area contributed by atoms with Crippen molar-refractivity contribution in [1.29, 1.82) is 0 Å². The van der Waals surface area contributed by atoms with E-state index in [0.717, 1.165) is 43.7 Å². The van der Waals surface area contributed by atoms with E-state index in [4.69, 9.17) is 21.7 Å². The van der Waals surface area contributed by atoms with Crippen LogP contribution in [0.3, 0.4) is 0 Å². The van der Waals surface area contributed by atoms with Crippen LogP contribution in [0.25, 0.3) is 0 Å². The van der Waals surface area contributed by atoms with E-state index in [-0.39, 0.29) is 142 Å². The number of quaternary nitrogens is 1. The fourth-order valence-electron chi connectivity index (χ4n) is 0.937. The van der Waals surface area contributed by atoms with Gasteiger partial charge in [0.1, 0.15) is 0 Å². The maximum absolute atomic E-state index is 10.8. The van der Waals surface area contributed by atoms with Crippen molar-refractivity contribution in [2.45, 2.75) is 59.8 Å². The number of halogens is 2. The van der Waals surface area contributed by atoms with Crippen molar-refractivity contribution in [2.75, 3.05) is 24.6 Å². The molecule has 4 N–H and O–H groups in total. The molecule has 0 aromatic carbocycles. The largest absolute Gasteiger partial charge is 1.00 e. The summed E-state index contributed by atoms with van der Waals surface area (Å²) in [5.74, 6) is 1.77. The predicted octanol–water partition coefficient (Wildman–Crippen LogP) is -7.48. The van der Waals surface area contributed by atoms with E-state index in [1.165, 1.54) is 0 Å². The molecule has 0 saturated heterocycles. The topological polar surface area (TPSA) is 123 Å². The molecule has 0 aromatic rings. The van der Waals surface area contributed by atoms with Gasteiger partial charge in [-0.2, -0.15) is 25.3 Å². The zero-order valence-electron chi connectivity index (χ0n) is 18.5. The predicted molar refractivity (Wildman–Crippen MR) is 113 cm³/mol. The van der Waals surface area contributed by atoms with Crippen LogP contribution in [0.1, 0.15) is 61.2 Å². The summed E-state index contributed by atoms with van der Waals surface area (Å²) in [4.78, 5) is 32.0.